The summed E-state index contributed by atoms with van der Waals surface area (Å²) in [5.74, 6) is 0. The molecule has 2 heteroatoms. The van der Waals surface area contributed by atoms with Crippen molar-refractivity contribution in [2.45, 2.75) is 25.3 Å². The van der Waals surface area contributed by atoms with Gasteiger partial charge in [0.1, 0.15) is 0 Å². The van der Waals surface area contributed by atoms with Gasteiger partial charge in [0.25, 0.3) is 0 Å². The third kappa shape index (κ3) is 2.06. The third-order valence-electron chi connectivity index (χ3n) is 1.63. The number of nitrogens with zero attached hydrogens (tertiary/aromatic N) is 1. The first-order valence-electron chi connectivity index (χ1n) is 3.47. The van der Waals surface area contributed by atoms with E-state index in [1.165, 1.54) is 12.8 Å². The summed E-state index contributed by atoms with van der Waals surface area (Å²) in [5.41, 5.74) is 5.18. The smallest absolute Gasteiger partial charge is 0.0281 e. The van der Waals surface area contributed by atoms with Crippen molar-refractivity contribution >= 4 is 0 Å². The molecule has 9 heavy (non-hydrogen) atoms. The molecule has 0 saturated carbocycles. The number of hydrogen-bond acceptors (Lipinski definition) is 1. The fraction of sp³-hybridized carbons (Fsp3) is 0.714. The SMILES string of the molecule is N/C=C/CC1CCC[N]1. The van der Waals surface area contributed by atoms with Gasteiger partial charge in [-0.2, -0.15) is 0 Å². The van der Waals surface area contributed by atoms with E-state index in [1.54, 1.807) is 6.20 Å². The van der Waals surface area contributed by atoms with Crippen molar-refractivity contribution in [3.63, 3.8) is 0 Å². The van der Waals surface area contributed by atoms with E-state index in [1.807, 2.05) is 6.08 Å². The third-order valence-corrected chi connectivity index (χ3v) is 1.63. The quantitative estimate of drug-likeness (QED) is 0.577. The molecule has 1 atom stereocenters. The average Bonchev–Trinajstić information content (AvgIpc) is 2.34. The van der Waals surface area contributed by atoms with Crippen LogP contribution in [0.3, 0.4) is 0 Å². The molecule has 0 aliphatic carbocycles. The first-order chi connectivity index (χ1) is 4.43. The van der Waals surface area contributed by atoms with Gasteiger partial charge in [0.15, 0.2) is 0 Å². The molecule has 0 amide bonds. The van der Waals surface area contributed by atoms with E-state index in [4.69, 9.17) is 5.73 Å². The largest absolute Gasteiger partial charge is 0.405 e. The van der Waals surface area contributed by atoms with Gasteiger partial charge in [0.2, 0.25) is 0 Å². The monoisotopic (exact) mass is 125 g/mol. The Morgan fingerprint density at radius 1 is 1.67 bits per heavy atom. The van der Waals surface area contributed by atoms with Gasteiger partial charge < -0.3 is 5.73 Å². The van der Waals surface area contributed by atoms with Crippen LogP contribution >= 0.6 is 0 Å². The highest BCUT2D eigenvalue weighted by Gasteiger charge is 2.12. The Labute approximate surface area is 56.1 Å². The molecular formula is C7H13N2. The van der Waals surface area contributed by atoms with Gasteiger partial charge in [0, 0.05) is 12.6 Å². The summed E-state index contributed by atoms with van der Waals surface area (Å²) in [6, 6.07) is 0.574. The minimum absolute atomic E-state index is 0.574. The van der Waals surface area contributed by atoms with E-state index < -0.39 is 0 Å². The summed E-state index contributed by atoms with van der Waals surface area (Å²) >= 11 is 0. The van der Waals surface area contributed by atoms with Crippen molar-refractivity contribution in [1.82, 2.24) is 5.32 Å². The maximum absolute atomic E-state index is 5.18. The lowest BCUT2D eigenvalue weighted by atomic mass is 10.2. The van der Waals surface area contributed by atoms with Gasteiger partial charge >= 0.3 is 0 Å². The molecule has 1 fully saturated rings. The van der Waals surface area contributed by atoms with Crippen LogP contribution in [-0.4, -0.2) is 12.6 Å². The molecular weight excluding hydrogens is 112 g/mol. The van der Waals surface area contributed by atoms with Crippen molar-refractivity contribution in [1.29, 1.82) is 0 Å². The highest BCUT2D eigenvalue weighted by molar-refractivity contribution is 4.85. The van der Waals surface area contributed by atoms with Crippen LogP contribution in [0.5, 0.6) is 0 Å². The maximum atomic E-state index is 5.18. The molecule has 0 spiro atoms. The lowest BCUT2D eigenvalue weighted by Gasteiger charge is -2.01. The van der Waals surface area contributed by atoms with E-state index in [9.17, 15) is 0 Å². The molecule has 0 bridgehead atoms. The molecule has 51 valence electrons. The summed E-state index contributed by atoms with van der Waals surface area (Å²) in [6.07, 6.45) is 7.15. The summed E-state index contributed by atoms with van der Waals surface area (Å²) in [6.45, 7) is 1.06. The molecule has 1 saturated heterocycles. The van der Waals surface area contributed by atoms with Gasteiger partial charge in [-0.05, 0) is 25.5 Å². The summed E-state index contributed by atoms with van der Waals surface area (Å²) < 4.78 is 0. The molecule has 1 unspecified atom stereocenters. The minimum atomic E-state index is 0.574. The molecule has 1 heterocycles. The second-order valence-corrected chi connectivity index (χ2v) is 2.37. The van der Waals surface area contributed by atoms with E-state index in [-0.39, 0.29) is 0 Å². The van der Waals surface area contributed by atoms with Crippen LogP contribution in [0.1, 0.15) is 19.3 Å². The summed E-state index contributed by atoms with van der Waals surface area (Å²) in [5, 5.41) is 4.37. The summed E-state index contributed by atoms with van der Waals surface area (Å²) in [4.78, 5) is 0. The number of hydrogen-bond donors (Lipinski definition) is 1. The zero-order valence-corrected chi connectivity index (χ0v) is 5.59. The van der Waals surface area contributed by atoms with Crippen LogP contribution in [0.25, 0.3) is 0 Å². The van der Waals surface area contributed by atoms with Crippen molar-refractivity contribution in [2.75, 3.05) is 6.54 Å². The topological polar surface area (TPSA) is 40.1 Å². The van der Waals surface area contributed by atoms with Crippen molar-refractivity contribution in [2.24, 2.45) is 5.73 Å². The Kier molecular flexibility index (Phi) is 2.58. The predicted octanol–water partition coefficient (Wildman–Crippen LogP) is 0.616. The molecule has 1 radical (unpaired) electrons. The predicted molar refractivity (Wildman–Crippen MR) is 38.0 cm³/mol. The zero-order chi connectivity index (χ0) is 6.53. The Morgan fingerprint density at radius 3 is 3.11 bits per heavy atom. The average molecular weight is 125 g/mol. The first-order valence-corrected chi connectivity index (χ1v) is 3.47. The molecule has 1 aliphatic heterocycles. The van der Waals surface area contributed by atoms with E-state index >= 15 is 0 Å². The fourth-order valence-electron chi connectivity index (χ4n) is 1.12. The summed E-state index contributed by atoms with van der Waals surface area (Å²) in [7, 11) is 0. The van der Waals surface area contributed by atoms with E-state index in [0.717, 1.165) is 13.0 Å². The standard InChI is InChI=1S/C7H13N2/c8-5-1-3-7-4-2-6-9-7/h1,5,7H,2-4,6,8H2/b5-1+. The van der Waals surface area contributed by atoms with Crippen LogP contribution in [0.4, 0.5) is 0 Å². The zero-order valence-electron chi connectivity index (χ0n) is 5.59. The molecule has 1 aliphatic rings. The lowest BCUT2D eigenvalue weighted by molar-refractivity contribution is 0.603. The van der Waals surface area contributed by atoms with Crippen LogP contribution in [0.2, 0.25) is 0 Å². The van der Waals surface area contributed by atoms with Crippen molar-refractivity contribution in [3.05, 3.63) is 12.3 Å². The van der Waals surface area contributed by atoms with E-state index in [2.05, 4.69) is 5.32 Å². The van der Waals surface area contributed by atoms with Crippen LogP contribution in [-0.2, 0) is 0 Å². The Hall–Kier alpha value is -0.500. The molecule has 0 aromatic carbocycles. The van der Waals surface area contributed by atoms with Crippen LogP contribution < -0.4 is 11.1 Å². The Morgan fingerprint density at radius 2 is 2.56 bits per heavy atom. The van der Waals surface area contributed by atoms with E-state index in [0.29, 0.717) is 6.04 Å². The second kappa shape index (κ2) is 3.51. The van der Waals surface area contributed by atoms with Gasteiger partial charge in [-0.25, -0.2) is 5.32 Å². The minimum Gasteiger partial charge on any atom is -0.405 e. The van der Waals surface area contributed by atoms with Crippen LogP contribution in [0.15, 0.2) is 12.3 Å². The second-order valence-electron chi connectivity index (χ2n) is 2.37. The molecule has 0 aromatic heterocycles. The number of rotatable bonds is 2. The lowest BCUT2D eigenvalue weighted by Crippen LogP contribution is -2.12. The molecule has 2 N–H and O–H groups in total. The van der Waals surface area contributed by atoms with Gasteiger partial charge in [0.05, 0.1) is 0 Å². The van der Waals surface area contributed by atoms with Gasteiger partial charge in [-0.15, -0.1) is 0 Å². The molecule has 0 aromatic rings. The Balaban J connectivity index is 2.11. The number of nitrogens with two attached hydrogens (primary N) is 1. The Bertz CT molecular complexity index is 93.1. The fourth-order valence-corrected chi connectivity index (χ4v) is 1.12. The molecule has 1 rings (SSSR count). The molecule has 2 nitrogen and oxygen atoms in total. The highest BCUT2D eigenvalue weighted by Crippen LogP contribution is 2.10. The van der Waals surface area contributed by atoms with Crippen molar-refractivity contribution < 1.29 is 0 Å². The van der Waals surface area contributed by atoms with Crippen molar-refractivity contribution in [3.8, 4) is 0 Å². The normalized spacial score (nSPS) is 27.8. The maximum Gasteiger partial charge on any atom is 0.0281 e. The van der Waals surface area contributed by atoms with Gasteiger partial charge in [-0.1, -0.05) is 6.08 Å². The first kappa shape index (κ1) is 6.62. The van der Waals surface area contributed by atoms with Crippen LogP contribution in [0, 0.1) is 0 Å². The highest BCUT2D eigenvalue weighted by atomic mass is 14.9. The van der Waals surface area contributed by atoms with Gasteiger partial charge in [-0.3, -0.25) is 0 Å².